The highest BCUT2D eigenvalue weighted by Crippen LogP contribution is 2.65. The summed E-state index contributed by atoms with van der Waals surface area (Å²) < 4.78 is 11.2. The Morgan fingerprint density at radius 1 is 1.32 bits per heavy atom. The molecule has 0 spiro atoms. The van der Waals surface area contributed by atoms with Crippen molar-refractivity contribution < 1.29 is 14.3 Å². The van der Waals surface area contributed by atoms with Crippen molar-refractivity contribution in [2.45, 2.75) is 40.5 Å². The number of hydrogen-bond acceptors (Lipinski definition) is 3. The van der Waals surface area contributed by atoms with E-state index in [2.05, 4.69) is 27.4 Å². The molecule has 1 aromatic rings. The van der Waals surface area contributed by atoms with Crippen LogP contribution in [-0.2, 0) is 4.79 Å². The Bertz CT molecular complexity index is 757. The predicted octanol–water partition coefficient (Wildman–Crippen LogP) is 5.06. The molecule has 134 valence electrons. The van der Waals surface area contributed by atoms with Crippen LogP contribution in [0.5, 0.6) is 11.5 Å². The number of hydrogen-bond donors (Lipinski definition) is 0. The lowest BCUT2D eigenvalue weighted by Gasteiger charge is -2.31. The van der Waals surface area contributed by atoms with Crippen LogP contribution in [0.25, 0.3) is 6.08 Å². The number of rotatable bonds is 5. The number of carbonyl (C=O) groups excluding carboxylic acids is 1. The van der Waals surface area contributed by atoms with Crippen LogP contribution in [0.1, 0.15) is 46.1 Å². The maximum absolute atomic E-state index is 13.0. The van der Waals surface area contributed by atoms with Crippen LogP contribution in [0.4, 0.5) is 0 Å². The third kappa shape index (κ3) is 2.70. The third-order valence-electron chi connectivity index (χ3n) is 6.35. The van der Waals surface area contributed by atoms with Crippen LogP contribution < -0.4 is 9.47 Å². The van der Waals surface area contributed by atoms with Crippen molar-refractivity contribution >= 4 is 11.9 Å². The van der Waals surface area contributed by atoms with Gasteiger partial charge in [-0.3, -0.25) is 4.79 Å². The van der Waals surface area contributed by atoms with Crippen LogP contribution in [0.3, 0.4) is 0 Å². The first-order chi connectivity index (χ1) is 11.7. The number of benzene rings is 1. The average Bonchev–Trinajstić information content (AvgIpc) is 2.87. The molecule has 0 saturated heterocycles. The highest BCUT2D eigenvalue weighted by atomic mass is 16.5. The predicted molar refractivity (Wildman–Crippen MR) is 101 cm³/mol. The quantitative estimate of drug-likeness (QED) is 0.555. The van der Waals surface area contributed by atoms with Crippen molar-refractivity contribution in [2.75, 3.05) is 13.7 Å². The van der Waals surface area contributed by atoms with Gasteiger partial charge in [-0.2, -0.15) is 0 Å². The summed E-state index contributed by atoms with van der Waals surface area (Å²) in [6, 6.07) is 5.82. The summed E-state index contributed by atoms with van der Waals surface area (Å²) in [5, 5.41) is 0. The SMILES string of the molecule is C=C(C)COc1cc(C=C2C(=O)C3(C)CCC2C3(C)C)ccc1OC. The van der Waals surface area contributed by atoms with E-state index in [1.165, 1.54) is 0 Å². The lowest BCUT2D eigenvalue weighted by atomic mass is 9.70. The molecule has 3 rings (SSSR count). The number of Topliss-reactive ketones (excluding diaryl/α,β-unsaturated/α-hetero) is 1. The van der Waals surface area contributed by atoms with E-state index in [1.807, 2.05) is 31.2 Å². The van der Waals surface area contributed by atoms with E-state index in [0.29, 0.717) is 29.8 Å². The molecule has 2 bridgehead atoms. The largest absolute Gasteiger partial charge is 0.493 e. The number of methoxy groups -OCH3 is 1. The zero-order chi connectivity index (χ0) is 18.4. The normalized spacial score (nSPS) is 28.4. The zero-order valence-corrected chi connectivity index (χ0v) is 15.9. The van der Waals surface area contributed by atoms with Crippen molar-refractivity contribution in [2.24, 2.45) is 16.7 Å². The molecule has 3 heteroatoms. The van der Waals surface area contributed by atoms with Crippen molar-refractivity contribution in [3.05, 3.63) is 41.5 Å². The highest BCUT2D eigenvalue weighted by molar-refractivity contribution is 6.08. The smallest absolute Gasteiger partial charge is 0.165 e. The van der Waals surface area contributed by atoms with Gasteiger partial charge in [-0.05, 0) is 66.0 Å². The summed E-state index contributed by atoms with van der Waals surface area (Å²) in [5.74, 6) is 2.02. The van der Waals surface area contributed by atoms with Gasteiger partial charge < -0.3 is 9.47 Å². The molecule has 25 heavy (non-hydrogen) atoms. The van der Waals surface area contributed by atoms with Crippen LogP contribution in [0.2, 0.25) is 0 Å². The van der Waals surface area contributed by atoms with Gasteiger partial charge in [0.2, 0.25) is 0 Å². The maximum atomic E-state index is 13.0. The lowest BCUT2D eigenvalue weighted by molar-refractivity contribution is -0.125. The second-order valence-electron chi connectivity index (χ2n) is 8.23. The molecular formula is C22H28O3. The minimum Gasteiger partial charge on any atom is -0.493 e. The summed E-state index contributed by atoms with van der Waals surface area (Å²) >= 11 is 0. The van der Waals surface area contributed by atoms with Gasteiger partial charge in [0.05, 0.1) is 7.11 Å². The fourth-order valence-corrected chi connectivity index (χ4v) is 4.37. The molecular weight excluding hydrogens is 312 g/mol. The number of ether oxygens (including phenoxy) is 2. The Morgan fingerprint density at radius 2 is 2.04 bits per heavy atom. The fraction of sp³-hybridized carbons (Fsp3) is 0.500. The Kier molecular flexibility index (Phi) is 4.30. The van der Waals surface area contributed by atoms with Gasteiger partial charge in [-0.25, -0.2) is 0 Å². The van der Waals surface area contributed by atoms with Crippen LogP contribution in [-0.4, -0.2) is 19.5 Å². The van der Waals surface area contributed by atoms with Crippen LogP contribution >= 0.6 is 0 Å². The van der Waals surface area contributed by atoms with E-state index in [9.17, 15) is 4.79 Å². The van der Waals surface area contributed by atoms with Crippen molar-refractivity contribution in [1.82, 2.24) is 0 Å². The minimum absolute atomic E-state index is 0.0294. The maximum Gasteiger partial charge on any atom is 0.165 e. The molecule has 1 aromatic carbocycles. The Morgan fingerprint density at radius 3 is 2.60 bits per heavy atom. The van der Waals surface area contributed by atoms with Gasteiger partial charge in [0.25, 0.3) is 0 Å². The third-order valence-corrected chi connectivity index (χ3v) is 6.35. The molecule has 2 aliphatic rings. The number of ketones is 1. The molecule has 0 amide bonds. The van der Waals surface area contributed by atoms with E-state index in [1.54, 1.807) is 7.11 Å². The summed E-state index contributed by atoms with van der Waals surface area (Å²) in [7, 11) is 1.63. The monoisotopic (exact) mass is 340 g/mol. The second kappa shape index (κ2) is 6.05. The molecule has 2 unspecified atom stereocenters. The minimum atomic E-state index is -0.227. The first-order valence-corrected chi connectivity index (χ1v) is 8.92. The molecule has 0 N–H and O–H groups in total. The fourth-order valence-electron chi connectivity index (χ4n) is 4.37. The summed E-state index contributed by atoms with van der Waals surface area (Å²) in [4.78, 5) is 13.0. The van der Waals surface area contributed by atoms with E-state index >= 15 is 0 Å². The van der Waals surface area contributed by atoms with Gasteiger partial charge in [-0.15, -0.1) is 0 Å². The van der Waals surface area contributed by atoms with E-state index in [4.69, 9.17) is 9.47 Å². The number of allylic oxidation sites excluding steroid dienone is 1. The van der Waals surface area contributed by atoms with E-state index in [-0.39, 0.29) is 10.8 Å². The average molecular weight is 340 g/mol. The summed E-state index contributed by atoms with van der Waals surface area (Å²) in [5.41, 5.74) is 2.70. The zero-order valence-electron chi connectivity index (χ0n) is 15.9. The molecule has 0 radical (unpaired) electrons. The molecule has 2 saturated carbocycles. The summed E-state index contributed by atoms with van der Waals surface area (Å²) in [6.07, 6.45) is 4.14. The highest BCUT2D eigenvalue weighted by Gasteiger charge is 2.63. The molecule has 0 heterocycles. The van der Waals surface area contributed by atoms with Crippen molar-refractivity contribution in [1.29, 1.82) is 0 Å². The molecule has 0 aliphatic heterocycles. The van der Waals surface area contributed by atoms with Crippen molar-refractivity contribution in [3.8, 4) is 11.5 Å². The molecule has 3 nitrogen and oxygen atoms in total. The Labute approximate surface area is 150 Å². The van der Waals surface area contributed by atoms with E-state index < -0.39 is 0 Å². The van der Waals surface area contributed by atoms with Crippen LogP contribution in [0.15, 0.2) is 35.9 Å². The molecule has 2 fully saturated rings. The standard InChI is InChI=1S/C22H28O3/c1-14(2)13-25-19-12-15(7-8-18(19)24-6)11-16-17-9-10-22(5,20(16)23)21(17,3)4/h7-8,11-12,17H,1,9-10,13H2,2-6H3. The van der Waals surface area contributed by atoms with Crippen molar-refractivity contribution in [3.63, 3.8) is 0 Å². The first kappa shape index (κ1) is 17.8. The van der Waals surface area contributed by atoms with Gasteiger partial charge in [-0.1, -0.05) is 33.4 Å². The molecule has 0 aromatic heterocycles. The summed E-state index contributed by atoms with van der Waals surface area (Å²) in [6.45, 7) is 12.8. The number of carbonyl (C=O) groups is 1. The lowest BCUT2D eigenvalue weighted by Crippen LogP contribution is -2.32. The number of fused-ring (bicyclic) bond motifs is 2. The Balaban J connectivity index is 1.95. The van der Waals surface area contributed by atoms with Gasteiger partial charge in [0, 0.05) is 5.41 Å². The second-order valence-corrected chi connectivity index (χ2v) is 8.23. The van der Waals surface area contributed by atoms with E-state index in [0.717, 1.165) is 29.6 Å². The van der Waals surface area contributed by atoms with Gasteiger partial charge in [0.15, 0.2) is 17.3 Å². The molecule has 2 aliphatic carbocycles. The first-order valence-electron chi connectivity index (χ1n) is 8.92. The Hall–Kier alpha value is -2.03. The topological polar surface area (TPSA) is 35.5 Å². The molecule has 2 atom stereocenters. The van der Waals surface area contributed by atoms with Gasteiger partial charge in [0.1, 0.15) is 6.61 Å². The van der Waals surface area contributed by atoms with Crippen LogP contribution in [0, 0.1) is 16.7 Å². The van der Waals surface area contributed by atoms with Gasteiger partial charge >= 0.3 is 0 Å².